The van der Waals surface area contributed by atoms with E-state index in [0.717, 1.165) is 0 Å². The summed E-state index contributed by atoms with van der Waals surface area (Å²) in [5.41, 5.74) is 0.798. The molecule has 3 rings (SSSR count). The maximum atomic E-state index is 12.6. The monoisotopic (exact) mass is 374 g/mol. The summed E-state index contributed by atoms with van der Waals surface area (Å²) in [6.07, 6.45) is -0.482. The lowest BCUT2D eigenvalue weighted by Gasteiger charge is -2.15. The first kappa shape index (κ1) is 18.6. The van der Waals surface area contributed by atoms with Crippen molar-refractivity contribution in [3.8, 4) is 0 Å². The molecule has 1 amide bonds. The van der Waals surface area contributed by atoms with E-state index in [9.17, 15) is 18.3 Å². The SMILES string of the molecule is O=C(NCC1CNCC1O)c1ccccc1CS(=O)(=O)c1ccccc1. The lowest BCUT2D eigenvalue weighted by atomic mass is 10.1. The van der Waals surface area contributed by atoms with E-state index in [1.807, 2.05) is 0 Å². The number of carbonyl (C=O) groups is 1. The van der Waals surface area contributed by atoms with Crippen LogP contribution in [0.25, 0.3) is 0 Å². The third-order valence-electron chi connectivity index (χ3n) is 4.54. The van der Waals surface area contributed by atoms with Crippen molar-refractivity contribution in [1.82, 2.24) is 10.6 Å². The van der Waals surface area contributed by atoms with Crippen LogP contribution in [-0.4, -0.2) is 45.2 Å². The zero-order valence-corrected chi connectivity index (χ0v) is 15.1. The van der Waals surface area contributed by atoms with Gasteiger partial charge in [0.25, 0.3) is 5.91 Å². The molecule has 0 radical (unpaired) electrons. The topological polar surface area (TPSA) is 95.5 Å². The number of hydrogen-bond acceptors (Lipinski definition) is 5. The van der Waals surface area contributed by atoms with Crippen molar-refractivity contribution in [2.45, 2.75) is 16.8 Å². The molecule has 1 aliphatic rings. The fourth-order valence-electron chi connectivity index (χ4n) is 3.03. The minimum absolute atomic E-state index is 0.0424. The van der Waals surface area contributed by atoms with E-state index in [1.54, 1.807) is 54.6 Å². The second-order valence-corrected chi connectivity index (χ2v) is 8.41. The van der Waals surface area contributed by atoms with Crippen molar-refractivity contribution < 1.29 is 18.3 Å². The summed E-state index contributed by atoms with van der Waals surface area (Å²) in [5.74, 6) is -0.615. The maximum absolute atomic E-state index is 12.6. The van der Waals surface area contributed by atoms with Crippen LogP contribution in [0.3, 0.4) is 0 Å². The van der Waals surface area contributed by atoms with Gasteiger partial charge in [0.1, 0.15) is 0 Å². The molecule has 2 aromatic rings. The van der Waals surface area contributed by atoms with Crippen molar-refractivity contribution in [1.29, 1.82) is 0 Å². The molecule has 0 aromatic heterocycles. The smallest absolute Gasteiger partial charge is 0.251 e. The van der Waals surface area contributed by atoms with E-state index in [2.05, 4.69) is 10.6 Å². The predicted molar refractivity (Wildman–Crippen MR) is 98.5 cm³/mol. The summed E-state index contributed by atoms with van der Waals surface area (Å²) in [4.78, 5) is 12.8. The van der Waals surface area contributed by atoms with Crippen LogP contribution in [-0.2, 0) is 15.6 Å². The maximum Gasteiger partial charge on any atom is 0.251 e. The van der Waals surface area contributed by atoms with Crippen molar-refractivity contribution in [2.24, 2.45) is 5.92 Å². The van der Waals surface area contributed by atoms with Gasteiger partial charge in [-0.3, -0.25) is 4.79 Å². The third kappa shape index (κ3) is 4.30. The second kappa shape index (κ2) is 7.99. The van der Waals surface area contributed by atoms with Gasteiger partial charge < -0.3 is 15.7 Å². The quantitative estimate of drug-likeness (QED) is 0.700. The van der Waals surface area contributed by atoms with Crippen LogP contribution in [0.15, 0.2) is 59.5 Å². The van der Waals surface area contributed by atoms with Gasteiger partial charge in [0.05, 0.1) is 16.8 Å². The van der Waals surface area contributed by atoms with Crippen molar-refractivity contribution in [2.75, 3.05) is 19.6 Å². The molecule has 138 valence electrons. The van der Waals surface area contributed by atoms with Gasteiger partial charge in [-0.05, 0) is 23.8 Å². The Morgan fingerprint density at radius 3 is 2.46 bits per heavy atom. The number of nitrogens with one attached hydrogen (secondary N) is 2. The zero-order valence-electron chi connectivity index (χ0n) is 14.3. The van der Waals surface area contributed by atoms with Crippen LogP contribution in [0.2, 0.25) is 0 Å². The van der Waals surface area contributed by atoms with E-state index in [-0.39, 0.29) is 22.5 Å². The highest BCUT2D eigenvalue weighted by Gasteiger charge is 2.26. The Morgan fingerprint density at radius 1 is 1.08 bits per heavy atom. The van der Waals surface area contributed by atoms with Crippen LogP contribution in [0.4, 0.5) is 0 Å². The molecule has 3 N–H and O–H groups in total. The second-order valence-electron chi connectivity index (χ2n) is 6.42. The van der Waals surface area contributed by atoms with E-state index in [4.69, 9.17) is 0 Å². The van der Waals surface area contributed by atoms with Crippen LogP contribution in [0, 0.1) is 5.92 Å². The lowest BCUT2D eigenvalue weighted by molar-refractivity contribution is 0.0926. The number of amides is 1. The number of aliphatic hydroxyl groups excluding tert-OH is 1. The number of carbonyl (C=O) groups excluding carboxylic acids is 1. The van der Waals surface area contributed by atoms with E-state index < -0.39 is 15.9 Å². The molecule has 0 aliphatic carbocycles. The fourth-order valence-corrected chi connectivity index (χ4v) is 4.43. The molecule has 0 spiro atoms. The Morgan fingerprint density at radius 2 is 1.77 bits per heavy atom. The molecule has 1 saturated heterocycles. The standard InChI is InChI=1S/C19H22N2O4S/c22-18-12-20-10-15(18)11-21-19(23)17-9-5-4-6-14(17)13-26(24,25)16-7-2-1-3-8-16/h1-9,15,18,20,22H,10-13H2,(H,21,23). The van der Waals surface area contributed by atoms with Gasteiger partial charge in [0, 0.05) is 31.1 Å². The summed E-state index contributed by atoms with van der Waals surface area (Å²) < 4.78 is 25.2. The molecular weight excluding hydrogens is 352 g/mol. The Bertz CT molecular complexity index is 868. The van der Waals surface area contributed by atoms with Crippen molar-refractivity contribution in [3.05, 3.63) is 65.7 Å². The zero-order chi connectivity index (χ0) is 18.6. The van der Waals surface area contributed by atoms with Gasteiger partial charge in [-0.25, -0.2) is 8.42 Å². The highest BCUT2D eigenvalue weighted by molar-refractivity contribution is 7.90. The number of hydrogen-bond donors (Lipinski definition) is 3. The number of aliphatic hydroxyl groups is 1. The molecule has 1 aliphatic heterocycles. The number of benzene rings is 2. The Labute approximate surface area is 153 Å². The van der Waals surface area contributed by atoms with Gasteiger partial charge >= 0.3 is 0 Å². The van der Waals surface area contributed by atoms with Crippen LogP contribution in [0.1, 0.15) is 15.9 Å². The summed E-state index contributed by atoms with van der Waals surface area (Å²) in [7, 11) is -3.54. The molecule has 0 saturated carbocycles. The van der Waals surface area contributed by atoms with Gasteiger partial charge in [-0.15, -0.1) is 0 Å². The predicted octanol–water partition coefficient (Wildman–Crippen LogP) is 0.971. The molecular formula is C19H22N2O4S. The summed E-state index contributed by atoms with van der Waals surface area (Å²) in [6.45, 7) is 1.50. The first-order valence-electron chi connectivity index (χ1n) is 8.50. The van der Waals surface area contributed by atoms with Crippen LogP contribution < -0.4 is 10.6 Å². The van der Waals surface area contributed by atoms with Crippen molar-refractivity contribution >= 4 is 15.7 Å². The van der Waals surface area contributed by atoms with E-state index >= 15 is 0 Å². The van der Waals surface area contributed by atoms with E-state index in [0.29, 0.717) is 30.8 Å². The highest BCUT2D eigenvalue weighted by Crippen LogP contribution is 2.19. The Hall–Kier alpha value is -2.22. The molecule has 0 bridgehead atoms. The Balaban J connectivity index is 1.74. The molecule has 7 heteroatoms. The van der Waals surface area contributed by atoms with Crippen LogP contribution in [0.5, 0.6) is 0 Å². The molecule has 6 nitrogen and oxygen atoms in total. The Kier molecular flexibility index (Phi) is 5.70. The lowest BCUT2D eigenvalue weighted by Crippen LogP contribution is -2.34. The fraction of sp³-hybridized carbons (Fsp3) is 0.316. The van der Waals surface area contributed by atoms with Crippen molar-refractivity contribution in [3.63, 3.8) is 0 Å². The summed E-state index contributed by atoms with van der Waals surface area (Å²) >= 11 is 0. The largest absolute Gasteiger partial charge is 0.391 e. The molecule has 1 fully saturated rings. The van der Waals surface area contributed by atoms with Gasteiger partial charge in [0.2, 0.25) is 0 Å². The third-order valence-corrected chi connectivity index (χ3v) is 6.22. The number of rotatable bonds is 6. The number of β-amino-alcohol motifs (C(OH)–C–C–N with tert-alkyl or cyclic N) is 1. The molecule has 26 heavy (non-hydrogen) atoms. The molecule has 2 unspecified atom stereocenters. The molecule has 2 aromatic carbocycles. The average molecular weight is 374 g/mol. The van der Waals surface area contributed by atoms with Crippen LogP contribution >= 0.6 is 0 Å². The molecule has 1 heterocycles. The first-order chi connectivity index (χ1) is 12.5. The normalized spacial score (nSPS) is 20.0. The van der Waals surface area contributed by atoms with E-state index in [1.165, 1.54) is 0 Å². The first-order valence-corrected chi connectivity index (χ1v) is 10.2. The molecule has 2 atom stereocenters. The van der Waals surface area contributed by atoms with Gasteiger partial charge in [-0.1, -0.05) is 36.4 Å². The van der Waals surface area contributed by atoms with Gasteiger partial charge in [-0.2, -0.15) is 0 Å². The average Bonchev–Trinajstić information content (AvgIpc) is 3.05. The number of sulfone groups is 1. The summed E-state index contributed by atoms with van der Waals surface area (Å²) in [6, 6.07) is 14.9. The minimum Gasteiger partial charge on any atom is -0.391 e. The van der Waals surface area contributed by atoms with Gasteiger partial charge in [0.15, 0.2) is 9.84 Å². The highest BCUT2D eigenvalue weighted by atomic mass is 32.2. The summed E-state index contributed by atoms with van der Waals surface area (Å²) in [5, 5.41) is 15.7. The minimum atomic E-state index is -3.54.